The second-order valence-corrected chi connectivity index (χ2v) is 4.85. The molecule has 0 saturated heterocycles. The number of anilines is 1. The molecule has 0 fully saturated rings. The quantitative estimate of drug-likeness (QED) is 0.662. The molecule has 1 aromatic carbocycles. The molecule has 23 heavy (non-hydrogen) atoms. The van der Waals surface area contributed by atoms with Crippen LogP contribution in [0, 0.1) is 10.1 Å². The van der Waals surface area contributed by atoms with Crippen molar-refractivity contribution in [2.24, 2.45) is 0 Å². The number of hydrogen-bond acceptors (Lipinski definition) is 6. The zero-order valence-corrected chi connectivity index (χ0v) is 12.1. The highest BCUT2D eigenvalue weighted by atomic mass is 16.6. The first-order valence-electron chi connectivity index (χ1n) is 6.99. The van der Waals surface area contributed by atoms with Gasteiger partial charge in [0.15, 0.2) is 11.5 Å². The number of hydrogen-bond donors (Lipinski definition) is 1. The van der Waals surface area contributed by atoms with Crippen molar-refractivity contribution >= 4 is 17.4 Å². The maximum absolute atomic E-state index is 11.9. The van der Waals surface area contributed by atoms with Crippen LogP contribution in [0.2, 0.25) is 0 Å². The van der Waals surface area contributed by atoms with Crippen LogP contribution < -0.4 is 14.8 Å². The molecule has 0 spiro atoms. The third kappa shape index (κ3) is 3.57. The number of carbonyl (C=O) groups excluding carboxylic acids is 1. The van der Waals surface area contributed by atoms with E-state index in [2.05, 4.69) is 10.4 Å². The smallest absolute Gasteiger partial charge is 0.389 e. The number of nitrogens with one attached hydrogen (secondary N) is 1. The van der Waals surface area contributed by atoms with Gasteiger partial charge in [-0.25, -0.2) is 0 Å². The number of aromatic nitrogens is 2. The number of aryl methyl sites for hydroxylation is 1. The minimum Gasteiger partial charge on any atom is -0.486 e. The molecule has 1 aromatic heterocycles. The highest BCUT2D eigenvalue weighted by Gasteiger charge is 2.14. The van der Waals surface area contributed by atoms with Crippen molar-refractivity contribution in [3.8, 4) is 11.5 Å². The average molecular weight is 318 g/mol. The number of benzene rings is 1. The van der Waals surface area contributed by atoms with Gasteiger partial charge in [-0.1, -0.05) is 0 Å². The van der Waals surface area contributed by atoms with Crippen molar-refractivity contribution in [2.75, 3.05) is 18.5 Å². The highest BCUT2D eigenvalue weighted by molar-refractivity contribution is 5.91. The zero-order chi connectivity index (χ0) is 16.2. The Bertz CT molecular complexity index is 743. The van der Waals surface area contributed by atoms with E-state index in [1.807, 2.05) is 0 Å². The van der Waals surface area contributed by atoms with Crippen LogP contribution in [0.5, 0.6) is 11.5 Å². The van der Waals surface area contributed by atoms with Gasteiger partial charge >= 0.3 is 5.82 Å². The molecule has 0 saturated carbocycles. The van der Waals surface area contributed by atoms with Crippen molar-refractivity contribution in [3.63, 3.8) is 0 Å². The Balaban J connectivity index is 1.55. The van der Waals surface area contributed by atoms with Crippen molar-refractivity contribution in [2.45, 2.75) is 13.0 Å². The molecule has 0 bridgehead atoms. The summed E-state index contributed by atoms with van der Waals surface area (Å²) in [5.74, 6) is 0.784. The van der Waals surface area contributed by atoms with E-state index in [4.69, 9.17) is 9.47 Å². The maximum atomic E-state index is 11.9. The van der Waals surface area contributed by atoms with Crippen molar-refractivity contribution in [1.29, 1.82) is 0 Å². The zero-order valence-electron chi connectivity index (χ0n) is 12.1. The van der Waals surface area contributed by atoms with E-state index < -0.39 is 4.92 Å². The van der Waals surface area contributed by atoms with Gasteiger partial charge in [0.25, 0.3) is 0 Å². The molecule has 1 aliphatic heterocycles. The minimum absolute atomic E-state index is 0.146. The fourth-order valence-electron chi connectivity index (χ4n) is 2.13. The van der Waals surface area contributed by atoms with Gasteiger partial charge in [-0.15, -0.1) is 0 Å². The van der Waals surface area contributed by atoms with E-state index >= 15 is 0 Å². The van der Waals surface area contributed by atoms with Gasteiger partial charge in [0.1, 0.15) is 13.2 Å². The maximum Gasteiger partial charge on any atom is 0.389 e. The summed E-state index contributed by atoms with van der Waals surface area (Å²) < 4.78 is 12.2. The molecular formula is C14H14N4O5. The Morgan fingerprint density at radius 1 is 1.30 bits per heavy atom. The lowest BCUT2D eigenvalue weighted by atomic mass is 10.2. The number of rotatable bonds is 5. The molecule has 1 amide bonds. The molecule has 0 atom stereocenters. The average Bonchev–Trinajstić information content (AvgIpc) is 3.02. The van der Waals surface area contributed by atoms with Crippen LogP contribution in [0.1, 0.15) is 6.42 Å². The van der Waals surface area contributed by atoms with Gasteiger partial charge in [0.2, 0.25) is 5.91 Å². The lowest BCUT2D eigenvalue weighted by Crippen LogP contribution is -2.17. The largest absolute Gasteiger partial charge is 0.486 e. The second-order valence-electron chi connectivity index (χ2n) is 4.85. The second kappa shape index (κ2) is 6.34. The van der Waals surface area contributed by atoms with Crippen molar-refractivity contribution in [3.05, 3.63) is 40.6 Å². The minimum atomic E-state index is -0.578. The van der Waals surface area contributed by atoms with Crippen molar-refractivity contribution < 1.29 is 19.2 Å². The lowest BCUT2D eigenvalue weighted by molar-refractivity contribution is -0.389. The highest BCUT2D eigenvalue weighted by Crippen LogP contribution is 2.32. The third-order valence-electron chi connectivity index (χ3n) is 3.21. The molecule has 9 nitrogen and oxygen atoms in total. The van der Waals surface area contributed by atoms with E-state index in [0.29, 0.717) is 30.4 Å². The molecule has 0 aliphatic carbocycles. The molecule has 9 heteroatoms. The molecule has 0 radical (unpaired) electrons. The van der Waals surface area contributed by atoms with Gasteiger partial charge in [0.05, 0.1) is 23.9 Å². The summed E-state index contributed by atoms with van der Waals surface area (Å²) in [6.07, 6.45) is 1.61. The molecule has 2 heterocycles. The first kappa shape index (κ1) is 14.8. The Morgan fingerprint density at radius 3 is 2.83 bits per heavy atom. The van der Waals surface area contributed by atoms with Crippen LogP contribution in [0.4, 0.5) is 11.5 Å². The summed E-state index contributed by atoms with van der Waals surface area (Å²) in [4.78, 5) is 21.9. The Morgan fingerprint density at radius 2 is 2.09 bits per heavy atom. The van der Waals surface area contributed by atoms with E-state index in [-0.39, 0.29) is 24.7 Å². The van der Waals surface area contributed by atoms with Gasteiger partial charge in [0, 0.05) is 18.2 Å². The predicted molar refractivity (Wildman–Crippen MR) is 79.6 cm³/mol. The summed E-state index contributed by atoms with van der Waals surface area (Å²) in [5, 5.41) is 17.0. The van der Waals surface area contributed by atoms with Crippen LogP contribution in [0.3, 0.4) is 0 Å². The molecule has 3 rings (SSSR count). The van der Waals surface area contributed by atoms with Gasteiger partial charge in [-0.05, 0) is 17.1 Å². The van der Waals surface area contributed by atoms with Crippen LogP contribution in [0.25, 0.3) is 0 Å². The van der Waals surface area contributed by atoms with E-state index in [1.54, 1.807) is 18.2 Å². The molecule has 2 aromatic rings. The SMILES string of the molecule is O=C(CCn1ccc([N+](=O)[O-])n1)Nc1ccc2c(c1)OCCO2. The topological polar surface area (TPSA) is 109 Å². The number of nitrogens with zero attached hydrogens (tertiary/aromatic N) is 3. The summed E-state index contributed by atoms with van der Waals surface area (Å²) in [7, 11) is 0. The van der Waals surface area contributed by atoms with E-state index in [0.717, 1.165) is 0 Å². The summed E-state index contributed by atoms with van der Waals surface area (Å²) in [6.45, 7) is 1.24. The number of nitro groups is 1. The summed E-state index contributed by atoms with van der Waals surface area (Å²) in [5.41, 5.74) is 0.602. The van der Waals surface area contributed by atoms with E-state index in [9.17, 15) is 14.9 Å². The fourth-order valence-corrected chi connectivity index (χ4v) is 2.13. The third-order valence-corrected chi connectivity index (χ3v) is 3.21. The number of carbonyl (C=O) groups is 1. The Hall–Kier alpha value is -3.10. The van der Waals surface area contributed by atoms with Crippen LogP contribution in [-0.2, 0) is 11.3 Å². The van der Waals surface area contributed by atoms with Crippen molar-refractivity contribution in [1.82, 2.24) is 9.78 Å². The molecule has 0 unspecified atom stereocenters. The number of fused-ring (bicyclic) bond motifs is 1. The van der Waals surface area contributed by atoms with Gasteiger partial charge < -0.3 is 24.9 Å². The monoisotopic (exact) mass is 318 g/mol. The summed E-state index contributed by atoms with van der Waals surface area (Å²) >= 11 is 0. The van der Waals surface area contributed by atoms with Gasteiger partial charge in [-0.3, -0.25) is 4.79 Å². The van der Waals surface area contributed by atoms with Crippen LogP contribution in [0.15, 0.2) is 30.5 Å². The van der Waals surface area contributed by atoms with Crippen LogP contribution >= 0.6 is 0 Å². The molecular weight excluding hydrogens is 304 g/mol. The normalized spacial score (nSPS) is 12.7. The predicted octanol–water partition coefficient (Wildman–Crippen LogP) is 1.59. The molecule has 1 aliphatic rings. The lowest BCUT2D eigenvalue weighted by Gasteiger charge is -2.18. The standard InChI is InChI=1S/C14H14N4O5/c19-14(4-6-17-5-3-13(16-17)18(20)21)15-10-1-2-11-12(9-10)23-8-7-22-11/h1-3,5,9H,4,6-8H2,(H,15,19). The summed E-state index contributed by atoms with van der Waals surface area (Å²) in [6, 6.07) is 6.45. The molecule has 1 N–H and O–H groups in total. The van der Waals surface area contributed by atoms with Crippen LogP contribution in [-0.4, -0.2) is 33.8 Å². The first-order valence-corrected chi connectivity index (χ1v) is 6.99. The Labute approximate surface area is 131 Å². The number of amides is 1. The molecule has 120 valence electrons. The fraction of sp³-hybridized carbons (Fsp3) is 0.286. The number of ether oxygens (including phenoxy) is 2. The Kier molecular flexibility index (Phi) is 4.09. The first-order chi connectivity index (χ1) is 11.1. The van der Waals surface area contributed by atoms with Gasteiger partial charge in [-0.2, -0.15) is 4.68 Å². The van der Waals surface area contributed by atoms with E-state index in [1.165, 1.54) is 16.9 Å².